The second-order valence-corrected chi connectivity index (χ2v) is 4.42. The van der Waals surface area contributed by atoms with E-state index in [0.29, 0.717) is 13.0 Å². The van der Waals surface area contributed by atoms with Gasteiger partial charge in [-0.3, -0.25) is 4.79 Å². The molecule has 0 radical (unpaired) electrons. The molecule has 1 aromatic heterocycles. The number of hydrogen-bond acceptors (Lipinski definition) is 6. The third-order valence-corrected chi connectivity index (χ3v) is 2.98. The summed E-state index contributed by atoms with van der Waals surface area (Å²) in [6, 6.07) is 0. The van der Waals surface area contributed by atoms with Crippen LogP contribution in [0, 0.1) is 0 Å². The quantitative estimate of drug-likeness (QED) is 0.740. The van der Waals surface area contributed by atoms with Crippen LogP contribution in [0.2, 0.25) is 0 Å². The van der Waals surface area contributed by atoms with Crippen molar-refractivity contribution in [1.82, 2.24) is 10.2 Å². The molecule has 0 aliphatic rings. The Labute approximate surface area is 99.2 Å². The van der Waals surface area contributed by atoms with Crippen molar-refractivity contribution in [2.24, 2.45) is 0 Å². The van der Waals surface area contributed by atoms with E-state index in [1.54, 1.807) is 11.3 Å². The summed E-state index contributed by atoms with van der Waals surface area (Å²) in [5.74, 6) is -0.219. The lowest BCUT2D eigenvalue weighted by atomic mass is 10.3. The van der Waals surface area contributed by atoms with Crippen LogP contribution in [0.25, 0.3) is 0 Å². The Morgan fingerprint density at radius 2 is 2.31 bits per heavy atom. The van der Waals surface area contributed by atoms with Crippen molar-refractivity contribution in [3.63, 3.8) is 0 Å². The van der Waals surface area contributed by atoms with Gasteiger partial charge in [-0.2, -0.15) is 0 Å². The van der Waals surface area contributed by atoms with Crippen LogP contribution in [0.1, 0.15) is 31.2 Å². The summed E-state index contributed by atoms with van der Waals surface area (Å²) >= 11 is 1.55. The normalized spacial score (nSPS) is 10.1. The fourth-order valence-electron chi connectivity index (χ4n) is 1.13. The molecule has 6 heteroatoms. The summed E-state index contributed by atoms with van der Waals surface area (Å²) in [5, 5.41) is 12.9. The highest BCUT2D eigenvalue weighted by atomic mass is 32.1. The second kappa shape index (κ2) is 7.16. The molecule has 1 rings (SSSR count). The number of aryl methyl sites for hydroxylation is 1. The molecule has 0 aliphatic carbocycles. The maximum Gasteiger partial charge on any atom is 0.307 e. The van der Waals surface area contributed by atoms with Crippen molar-refractivity contribution >= 4 is 22.4 Å². The van der Waals surface area contributed by atoms with Gasteiger partial charge in [0.15, 0.2) is 0 Å². The number of rotatable bonds is 7. The maximum absolute atomic E-state index is 10.9. The predicted molar refractivity (Wildman–Crippen MR) is 63.6 cm³/mol. The Bertz CT molecular complexity index is 328. The number of unbranched alkanes of at least 4 members (excludes halogenated alkanes) is 1. The molecule has 90 valence electrons. The molecule has 0 bridgehead atoms. The van der Waals surface area contributed by atoms with E-state index in [9.17, 15) is 4.79 Å². The van der Waals surface area contributed by atoms with Crippen LogP contribution < -0.4 is 5.32 Å². The molecule has 0 aliphatic heterocycles. The monoisotopic (exact) mass is 243 g/mol. The number of nitrogens with one attached hydrogen (secondary N) is 1. The highest BCUT2D eigenvalue weighted by Crippen LogP contribution is 2.16. The number of ether oxygens (including phenoxy) is 1. The van der Waals surface area contributed by atoms with Gasteiger partial charge in [0.2, 0.25) is 5.13 Å². The molecule has 0 fully saturated rings. The molecule has 16 heavy (non-hydrogen) atoms. The average Bonchev–Trinajstić information content (AvgIpc) is 2.74. The molecule has 1 N–H and O–H groups in total. The van der Waals surface area contributed by atoms with E-state index in [1.807, 2.05) is 0 Å². The van der Waals surface area contributed by atoms with Crippen LogP contribution in [-0.2, 0) is 16.0 Å². The molecular weight excluding hydrogens is 226 g/mol. The third-order valence-electron chi connectivity index (χ3n) is 2.04. The van der Waals surface area contributed by atoms with E-state index in [2.05, 4.69) is 27.2 Å². The minimum absolute atomic E-state index is 0.219. The zero-order valence-corrected chi connectivity index (χ0v) is 10.5. The van der Waals surface area contributed by atoms with Crippen LogP contribution >= 0.6 is 11.3 Å². The van der Waals surface area contributed by atoms with Crippen molar-refractivity contribution in [2.45, 2.75) is 32.6 Å². The van der Waals surface area contributed by atoms with Crippen molar-refractivity contribution in [3.05, 3.63) is 5.01 Å². The number of nitrogens with zero attached hydrogens (tertiary/aromatic N) is 2. The van der Waals surface area contributed by atoms with Gasteiger partial charge >= 0.3 is 5.97 Å². The lowest BCUT2D eigenvalue weighted by Gasteiger charge is -1.99. The number of carbonyl (C=O) groups is 1. The first kappa shape index (κ1) is 12.9. The summed E-state index contributed by atoms with van der Waals surface area (Å²) < 4.78 is 4.53. The first-order chi connectivity index (χ1) is 7.76. The molecule has 0 saturated heterocycles. The van der Waals surface area contributed by atoms with E-state index in [4.69, 9.17) is 0 Å². The van der Waals surface area contributed by atoms with Crippen LogP contribution in [0.3, 0.4) is 0 Å². The smallest absolute Gasteiger partial charge is 0.307 e. The highest BCUT2D eigenvalue weighted by molar-refractivity contribution is 7.15. The van der Waals surface area contributed by atoms with Gasteiger partial charge in [0.1, 0.15) is 5.01 Å². The van der Waals surface area contributed by atoms with Crippen molar-refractivity contribution in [1.29, 1.82) is 0 Å². The number of methoxy groups -OCH3 is 1. The molecular formula is C10H17N3O2S. The lowest BCUT2D eigenvalue weighted by Crippen LogP contribution is -2.09. The first-order valence-electron chi connectivity index (χ1n) is 5.39. The predicted octanol–water partition coefficient (Wildman–Crippen LogP) is 1.86. The number of aromatic nitrogens is 2. The lowest BCUT2D eigenvalue weighted by molar-refractivity contribution is -0.140. The Hall–Kier alpha value is -1.17. The summed E-state index contributed by atoms with van der Waals surface area (Å²) in [6.07, 6.45) is 3.62. The molecule has 5 nitrogen and oxygen atoms in total. The van der Waals surface area contributed by atoms with Crippen molar-refractivity contribution in [3.8, 4) is 0 Å². The van der Waals surface area contributed by atoms with E-state index in [0.717, 1.165) is 29.4 Å². The largest absolute Gasteiger partial charge is 0.469 e. The summed E-state index contributed by atoms with van der Waals surface area (Å²) in [7, 11) is 1.39. The molecule has 1 aromatic rings. The highest BCUT2D eigenvalue weighted by Gasteiger charge is 2.04. The molecule has 0 unspecified atom stereocenters. The number of carbonyl (C=O) groups excluding carboxylic acids is 1. The van der Waals surface area contributed by atoms with E-state index in [1.165, 1.54) is 7.11 Å². The van der Waals surface area contributed by atoms with Gasteiger partial charge in [0.05, 0.1) is 13.5 Å². The van der Waals surface area contributed by atoms with E-state index in [-0.39, 0.29) is 5.97 Å². The minimum atomic E-state index is -0.219. The van der Waals surface area contributed by atoms with Gasteiger partial charge in [-0.1, -0.05) is 24.7 Å². The van der Waals surface area contributed by atoms with Crippen molar-refractivity contribution < 1.29 is 9.53 Å². The van der Waals surface area contributed by atoms with Crippen LogP contribution in [0.15, 0.2) is 0 Å². The zero-order valence-electron chi connectivity index (χ0n) is 9.65. The van der Waals surface area contributed by atoms with Crippen molar-refractivity contribution in [2.75, 3.05) is 19.0 Å². The standard InChI is InChI=1S/C10H17N3O2S/c1-3-4-5-8-12-13-10(16-8)11-7-6-9(14)15-2/h3-7H2,1-2H3,(H,11,13). The van der Waals surface area contributed by atoms with Gasteiger partial charge in [0.25, 0.3) is 0 Å². The topological polar surface area (TPSA) is 64.1 Å². The summed E-state index contributed by atoms with van der Waals surface area (Å²) in [5.41, 5.74) is 0. The average molecular weight is 243 g/mol. The SMILES string of the molecule is CCCCc1nnc(NCCC(=O)OC)s1. The Balaban J connectivity index is 2.26. The molecule has 0 saturated carbocycles. The molecule has 0 amide bonds. The number of anilines is 1. The maximum atomic E-state index is 10.9. The fraction of sp³-hybridized carbons (Fsp3) is 0.700. The first-order valence-corrected chi connectivity index (χ1v) is 6.21. The Morgan fingerprint density at radius 1 is 1.50 bits per heavy atom. The summed E-state index contributed by atoms with van der Waals surface area (Å²) in [6.45, 7) is 2.69. The van der Waals surface area contributed by atoms with Gasteiger partial charge in [-0.05, 0) is 6.42 Å². The number of esters is 1. The van der Waals surface area contributed by atoms with E-state index >= 15 is 0 Å². The third kappa shape index (κ3) is 4.57. The minimum Gasteiger partial charge on any atom is -0.469 e. The second-order valence-electron chi connectivity index (χ2n) is 3.36. The van der Waals surface area contributed by atoms with Gasteiger partial charge in [-0.25, -0.2) is 0 Å². The molecule has 0 aromatic carbocycles. The van der Waals surface area contributed by atoms with Gasteiger partial charge in [0, 0.05) is 13.0 Å². The van der Waals surface area contributed by atoms with Gasteiger partial charge in [-0.15, -0.1) is 10.2 Å². The van der Waals surface area contributed by atoms with Crippen LogP contribution in [0.5, 0.6) is 0 Å². The van der Waals surface area contributed by atoms with Crippen LogP contribution in [-0.4, -0.2) is 29.8 Å². The summed E-state index contributed by atoms with van der Waals surface area (Å²) in [4.78, 5) is 10.9. The fourth-order valence-corrected chi connectivity index (χ4v) is 1.93. The number of hydrogen-bond donors (Lipinski definition) is 1. The van der Waals surface area contributed by atoms with Crippen LogP contribution in [0.4, 0.5) is 5.13 Å². The van der Waals surface area contributed by atoms with E-state index < -0.39 is 0 Å². The molecule has 1 heterocycles. The molecule has 0 spiro atoms. The van der Waals surface area contributed by atoms with Gasteiger partial charge < -0.3 is 10.1 Å². The Morgan fingerprint density at radius 3 is 3.00 bits per heavy atom. The zero-order chi connectivity index (χ0) is 11.8. The Kier molecular flexibility index (Phi) is 5.77. The molecule has 0 atom stereocenters.